The molecule has 102 valence electrons. The SMILES string of the molecule is Cc1cc(OS(=O)(=O)CCI)ccc1SOO[O-].[Na+]. The van der Waals surface area contributed by atoms with Crippen LogP contribution >= 0.6 is 34.6 Å². The fraction of sp³-hybridized carbons (Fsp3) is 0.333. The molecule has 0 aliphatic carbocycles. The maximum absolute atomic E-state index is 11.4. The Morgan fingerprint density at radius 1 is 1.42 bits per heavy atom. The van der Waals surface area contributed by atoms with Crippen LogP contribution in [0.1, 0.15) is 5.56 Å². The first kappa shape index (κ1) is 19.9. The number of rotatable bonds is 7. The van der Waals surface area contributed by atoms with E-state index >= 15 is 0 Å². The van der Waals surface area contributed by atoms with Crippen LogP contribution in [0.2, 0.25) is 0 Å². The van der Waals surface area contributed by atoms with Crippen LogP contribution < -0.4 is 39.0 Å². The Morgan fingerprint density at radius 2 is 2.11 bits per heavy atom. The molecule has 0 radical (unpaired) electrons. The van der Waals surface area contributed by atoms with Crippen LogP contribution in [0.3, 0.4) is 0 Å². The molecule has 1 aromatic rings. The van der Waals surface area contributed by atoms with Gasteiger partial charge in [0, 0.05) is 9.32 Å². The second-order valence-electron chi connectivity index (χ2n) is 3.18. The van der Waals surface area contributed by atoms with Gasteiger partial charge in [0.1, 0.15) is 5.75 Å². The minimum Gasteiger partial charge on any atom is -0.691 e. The first-order chi connectivity index (χ1) is 8.48. The average Bonchev–Trinajstić information content (AvgIpc) is 2.27. The van der Waals surface area contributed by atoms with Crippen molar-refractivity contribution in [2.75, 3.05) is 10.2 Å². The Balaban J connectivity index is 0.00000324. The van der Waals surface area contributed by atoms with E-state index in [1.54, 1.807) is 19.1 Å². The third-order valence-electron chi connectivity index (χ3n) is 1.85. The van der Waals surface area contributed by atoms with E-state index < -0.39 is 10.1 Å². The van der Waals surface area contributed by atoms with Gasteiger partial charge in [0.2, 0.25) is 0 Å². The topological polar surface area (TPSA) is 84.9 Å². The molecule has 0 atom stereocenters. The molecule has 0 bridgehead atoms. The van der Waals surface area contributed by atoms with Crippen molar-refractivity contribution in [3.05, 3.63) is 23.8 Å². The molecular weight excluding hydrogens is 418 g/mol. The number of benzene rings is 1. The van der Waals surface area contributed by atoms with Crippen LogP contribution in [0.25, 0.3) is 0 Å². The van der Waals surface area contributed by atoms with Gasteiger partial charge in [-0.3, -0.25) is 5.04 Å². The predicted molar refractivity (Wildman–Crippen MR) is 72.5 cm³/mol. The summed E-state index contributed by atoms with van der Waals surface area (Å²) in [6.45, 7) is 1.73. The van der Waals surface area contributed by atoms with E-state index in [4.69, 9.17) is 4.18 Å². The van der Waals surface area contributed by atoms with Gasteiger partial charge in [-0.15, -0.1) is 0 Å². The Bertz CT molecular complexity index is 495. The molecule has 0 saturated carbocycles. The molecule has 0 N–H and O–H groups in total. The van der Waals surface area contributed by atoms with Crippen molar-refractivity contribution in [3.63, 3.8) is 0 Å². The maximum Gasteiger partial charge on any atom is 1.00 e. The van der Waals surface area contributed by atoms with Crippen molar-refractivity contribution in [2.24, 2.45) is 0 Å². The summed E-state index contributed by atoms with van der Waals surface area (Å²) < 4.78 is 32.4. The minimum atomic E-state index is -3.55. The summed E-state index contributed by atoms with van der Waals surface area (Å²) >= 11 is 2.70. The second-order valence-corrected chi connectivity index (χ2v) is 6.69. The summed E-state index contributed by atoms with van der Waals surface area (Å²) in [7, 11) is -3.55. The molecule has 0 saturated heterocycles. The van der Waals surface area contributed by atoms with E-state index in [9.17, 15) is 13.7 Å². The van der Waals surface area contributed by atoms with Gasteiger partial charge in [0.05, 0.1) is 17.8 Å². The van der Waals surface area contributed by atoms with Gasteiger partial charge in [-0.25, -0.2) is 0 Å². The quantitative estimate of drug-likeness (QED) is 0.0982. The van der Waals surface area contributed by atoms with Gasteiger partial charge in [-0.2, -0.15) is 12.8 Å². The molecule has 19 heavy (non-hydrogen) atoms. The van der Waals surface area contributed by atoms with Crippen molar-refractivity contribution in [1.29, 1.82) is 0 Å². The Labute approximate surface area is 151 Å². The average molecular weight is 428 g/mol. The van der Waals surface area contributed by atoms with E-state index in [1.165, 1.54) is 6.07 Å². The maximum atomic E-state index is 11.4. The van der Waals surface area contributed by atoms with Crippen LogP contribution in [0.5, 0.6) is 5.75 Å². The summed E-state index contributed by atoms with van der Waals surface area (Å²) in [5.41, 5.74) is 0.708. The largest absolute Gasteiger partial charge is 1.00 e. The zero-order valence-electron chi connectivity index (χ0n) is 10.3. The van der Waals surface area contributed by atoms with E-state index in [2.05, 4.69) is 9.37 Å². The van der Waals surface area contributed by atoms with Crippen LogP contribution in [-0.2, 0) is 19.5 Å². The summed E-state index contributed by atoms with van der Waals surface area (Å²) in [6, 6.07) is 4.60. The molecule has 1 aromatic carbocycles. The smallest absolute Gasteiger partial charge is 0.691 e. The molecule has 0 fully saturated rings. The minimum absolute atomic E-state index is 0. The van der Waals surface area contributed by atoms with Crippen molar-refractivity contribution >= 4 is 44.8 Å². The summed E-state index contributed by atoms with van der Waals surface area (Å²) in [6.07, 6.45) is 0. The van der Waals surface area contributed by atoms with Crippen LogP contribution in [0.15, 0.2) is 23.1 Å². The van der Waals surface area contributed by atoms with E-state index in [0.717, 1.165) is 12.0 Å². The summed E-state index contributed by atoms with van der Waals surface area (Å²) in [4.78, 5) is 0.629. The molecule has 1 rings (SSSR count). The van der Waals surface area contributed by atoms with Crippen LogP contribution in [-0.4, -0.2) is 18.6 Å². The van der Waals surface area contributed by atoms with Crippen molar-refractivity contribution in [2.45, 2.75) is 11.8 Å². The first-order valence-electron chi connectivity index (χ1n) is 4.70. The van der Waals surface area contributed by atoms with Crippen molar-refractivity contribution in [1.82, 2.24) is 0 Å². The van der Waals surface area contributed by atoms with Gasteiger partial charge in [-0.05, 0) is 30.7 Å². The molecule has 10 heteroatoms. The fourth-order valence-corrected chi connectivity index (χ4v) is 3.80. The zero-order valence-corrected chi connectivity index (χ0v) is 16.1. The number of halogens is 1. The van der Waals surface area contributed by atoms with Crippen molar-refractivity contribution in [3.8, 4) is 5.75 Å². The molecule has 0 aromatic heterocycles. The molecule has 0 aliphatic rings. The monoisotopic (exact) mass is 428 g/mol. The van der Waals surface area contributed by atoms with E-state index in [1.807, 2.05) is 22.6 Å². The normalized spacial score (nSPS) is 10.9. The third kappa shape index (κ3) is 7.48. The summed E-state index contributed by atoms with van der Waals surface area (Å²) in [5, 5.41) is 12.9. The molecule has 0 spiro atoms. The Kier molecular flexibility index (Phi) is 10.3. The Morgan fingerprint density at radius 3 is 2.63 bits per heavy atom. The van der Waals surface area contributed by atoms with Gasteiger partial charge in [0.15, 0.2) is 0 Å². The molecule has 0 heterocycles. The number of hydrogen-bond acceptors (Lipinski definition) is 7. The predicted octanol–water partition coefficient (Wildman–Crippen LogP) is -1.63. The van der Waals surface area contributed by atoms with Gasteiger partial charge >= 0.3 is 39.7 Å². The second kappa shape index (κ2) is 9.79. The Hall–Kier alpha value is 0.930. The van der Waals surface area contributed by atoms with Gasteiger partial charge in [0.25, 0.3) is 0 Å². The number of alkyl halides is 1. The van der Waals surface area contributed by atoms with Crippen LogP contribution in [0, 0.1) is 6.92 Å². The van der Waals surface area contributed by atoms with E-state index in [-0.39, 0.29) is 41.1 Å². The summed E-state index contributed by atoms with van der Waals surface area (Å²) in [5.74, 6) is 0.181. The third-order valence-corrected chi connectivity index (χ3v) is 5.03. The number of aryl methyl sites for hydroxylation is 1. The van der Waals surface area contributed by atoms with Gasteiger partial charge in [-0.1, -0.05) is 22.6 Å². The van der Waals surface area contributed by atoms with Gasteiger partial charge < -0.3 is 9.44 Å². The number of hydrogen-bond donors (Lipinski definition) is 0. The fourth-order valence-electron chi connectivity index (χ4n) is 1.10. The van der Waals surface area contributed by atoms with E-state index in [0.29, 0.717) is 14.9 Å². The first-order valence-corrected chi connectivity index (χ1v) is 8.55. The zero-order chi connectivity index (χ0) is 13.6. The molecule has 0 aliphatic heterocycles. The molecule has 0 unspecified atom stereocenters. The molecule has 6 nitrogen and oxygen atoms in total. The molecular formula is C9H10INaO6S2. The van der Waals surface area contributed by atoms with Crippen molar-refractivity contribution < 1.29 is 56.8 Å². The standard InChI is InChI=1S/C9H11IO6S2.Na/c1-7-6-8(14-18(12,13)5-4-10)2-3-9(7)17-16-15-11;/h2-3,6,11H,4-5H2,1H3;/q;+1/p-1. The molecule has 0 amide bonds. The van der Waals surface area contributed by atoms with Crippen LogP contribution in [0.4, 0.5) is 0 Å².